The van der Waals surface area contributed by atoms with Crippen LogP contribution in [0.1, 0.15) is 31.1 Å². The minimum Gasteiger partial charge on any atom is -0.478 e. The molecule has 2 aromatic heterocycles. The number of nitrogens with two attached hydrogens (primary N) is 1. The quantitative estimate of drug-likeness (QED) is 0.842. The van der Waals surface area contributed by atoms with Gasteiger partial charge in [-0.1, -0.05) is 0 Å². The Morgan fingerprint density at radius 3 is 2.59 bits per heavy atom. The molecule has 22 heavy (non-hydrogen) atoms. The van der Waals surface area contributed by atoms with Gasteiger partial charge in [0.05, 0.1) is 18.9 Å². The van der Waals surface area contributed by atoms with Gasteiger partial charge in [-0.15, -0.1) is 0 Å². The number of nitrogens with zero attached hydrogens (tertiary/aromatic N) is 2. The zero-order valence-electron chi connectivity index (χ0n) is 12.9. The lowest BCUT2D eigenvalue weighted by Gasteiger charge is -2.14. The highest BCUT2D eigenvalue weighted by Crippen LogP contribution is 2.24. The first-order chi connectivity index (χ1) is 10.5. The van der Waals surface area contributed by atoms with E-state index in [1.807, 2.05) is 6.92 Å². The molecular formula is C15H19N3O4. The van der Waals surface area contributed by atoms with Crippen LogP contribution in [0.15, 0.2) is 16.9 Å². The van der Waals surface area contributed by atoms with E-state index in [1.165, 1.54) is 4.57 Å². The number of aryl methyl sites for hydroxylation is 1. The second-order valence-corrected chi connectivity index (χ2v) is 4.51. The smallest absolute Gasteiger partial charge is 0.345 e. The average Bonchev–Trinajstić information content (AvgIpc) is 2.48. The van der Waals surface area contributed by atoms with Crippen LogP contribution in [0.2, 0.25) is 0 Å². The number of carbonyl (C=O) groups excluding carboxylic acids is 1. The third-order valence-electron chi connectivity index (χ3n) is 3.21. The standard InChI is InChI=1S/C15H19N3O4/c1-4-18-13-9(7-8-10(17-13)21-5-2)12(16)11(14(18)19)15(20)22-6-3/h7-8H,4-6,16H2,1-3H3. The van der Waals surface area contributed by atoms with E-state index in [0.717, 1.165) is 0 Å². The van der Waals surface area contributed by atoms with Gasteiger partial charge in [0, 0.05) is 18.0 Å². The van der Waals surface area contributed by atoms with E-state index in [4.69, 9.17) is 15.2 Å². The van der Waals surface area contributed by atoms with Crippen LogP contribution in [-0.4, -0.2) is 28.7 Å². The summed E-state index contributed by atoms with van der Waals surface area (Å²) in [5.74, 6) is -0.317. The Bertz CT molecular complexity index is 767. The molecule has 2 aromatic rings. The number of fused-ring (bicyclic) bond motifs is 1. The molecule has 0 aromatic carbocycles. The number of anilines is 1. The van der Waals surface area contributed by atoms with Gasteiger partial charge >= 0.3 is 5.97 Å². The van der Waals surface area contributed by atoms with Crippen molar-refractivity contribution < 1.29 is 14.3 Å². The number of pyridine rings is 2. The summed E-state index contributed by atoms with van der Waals surface area (Å²) < 4.78 is 11.7. The summed E-state index contributed by atoms with van der Waals surface area (Å²) in [5.41, 5.74) is 5.82. The third-order valence-corrected chi connectivity index (χ3v) is 3.21. The van der Waals surface area contributed by atoms with E-state index in [2.05, 4.69) is 4.98 Å². The summed E-state index contributed by atoms with van der Waals surface area (Å²) in [7, 11) is 0. The summed E-state index contributed by atoms with van der Waals surface area (Å²) in [5, 5.41) is 0.521. The van der Waals surface area contributed by atoms with E-state index in [-0.39, 0.29) is 17.9 Å². The van der Waals surface area contributed by atoms with Crippen LogP contribution >= 0.6 is 0 Å². The highest BCUT2D eigenvalue weighted by Gasteiger charge is 2.22. The molecule has 0 fully saturated rings. The summed E-state index contributed by atoms with van der Waals surface area (Å²) in [4.78, 5) is 28.8. The summed E-state index contributed by atoms with van der Waals surface area (Å²) >= 11 is 0. The Labute approximate surface area is 127 Å². The first-order valence-corrected chi connectivity index (χ1v) is 7.18. The van der Waals surface area contributed by atoms with Crippen molar-refractivity contribution >= 4 is 22.7 Å². The lowest BCUT2D eigenvalue weighted by Crippen LogP contribution is -2.29. The fourth-order valence-electron chi connectivity index (χ4n) is 2.25. The lowest BCUT2D eigenvalue weighted by atomic mass is 10.1. The maximum Gasteiger partial charge on any atom is 0.345 e. The Morgan fingerprint density at radius 1 is 1.27 bits per heavy atom. The molecule has 2 heterocycles. The van der Waals surface area contributed by atoms with Crippen LogP contribution in [0.4, 0.5) is 5.69 Å². The summed E-state index contributed by atoms with van der Waals surface area (Å²) in [6.45, 7) is 6.29. The summed E-state index contributed by atoms with van der Waals surface area (Å²) in [6, 6.07) is 3.35. The fraction of sp³-hybridized carbons (Fsp3) is 0.400. The van der Waals surface area contributed by atoms with Gasteiger partial charge < -0.3 is 15.2 Å². The van der Waals surface area contributed by atoms with Crippen LogP contribution in [0, 0.1) is 0 Å². The Morgan fingerprint density at radius 2 is 2.00 bits per heavy atom. The van der Waals surface area contributed by atoms with Crippen LogP contribution in [0.5, 0.6) is 5.88 Å². The number of hydrogen-bond donors (Lipinski definition) is 1. The Balaban J connectivity index is 2.79. The van der Waals surface area contributed by atoms with Gasteiger partial charge in [0.25, 0.3) is 5.56 Å². The van der Waals surface area contributed by atoms with Crippen LogP contribution in [-0.2, 0) is 11.3 Å². The SMILES string of the molecule is CCOC(=O)c1c(N)c2ccc(OCC)nc2n(CC)c1=O. The number of ether oxygens (including phenoxy) is 2. The van der Waals surface area contributed by atoms with Gasteiger partial charge in [-0.05, 0) is 26.8 Å². The van der Waals surface area contributed by atoms with Crippen molar-refractivity contribution in [2.75, 3.05) is 18.9 Å². The van der Waals surface area contributed by atoms with Gasteiger partial charge in [-0.2, -0.15) is 4.98 Å². The van der Waals surface area contributed by atoms with Gasteiger partial charge in [0.1, 0.15) is 11.2 Å². The molecule has 0 saturated carbocycles. The van der Waals surface area contributed by atoms with Crippen LogP contribution in [0.3, 0.4) is 0 Å². The van der Waals surface area contributed by atoms with E-state index < -0.39 is 11.5 Å². The van der Waals surface area contributed by atoms with Crippen molar-refractivity contribution in [3.63, 3.8) is 0 Å². The van der Waals surface area contributed by atoms with Crippen molar-refractivity contribution in [3.05, 3.63) is 28.0 Å². The van der Waals surface area contributed by atoms with E-state index in [0.29, 0.717) is 30.1 Å². The number of hydrogen-bond acceptors (Lipinski definition) is 6. The lowest BCUT2D eigenvalue weighted by molar-refractivity contribution is 0.0525. The van der Waals surface area contributed by atoms with Gasteiger partial charge in [0.15, 0.2) is 0 Å². The summed E-state index contributed by atoms with van der Waals surface area (Å²) in [6.07, 6.45) is 0. The molecule has 0 radical (unpaired) electrons. The van der Waals surface area contributed by atoms with Gasteiger partial charge in [-0.25, -0.2) is 4.79 Å². The number of esters is 1. The second kappa shape index (κ2) is 6.46. The highest BCUT2D eigenvalue weighted by atomic mass is 16.5. The van der Waals surface area contributed by atoms with Crippen LogP contribution < -0.4 is 16.0 Å². The molecule has 0 atom stereocenters. The maximum atomic E-state index is 12.5. The van der Waals surface area contributed by atoms with E-state index in [9.17, 15) is 9.59 Å². The number of aromatic nitrogens is 2. The molecule has 0 saturated heterocycles. The normalized spacial score (nSPS) is 10.7. The molecule has 2 rings (SSSR count). The first kappa shape index (κ1) is 15.8. The molecule has 2 N–H and O–H groups in total. The molecule has 118 valence electrons. The molecular weight excluding hydrogens is 286 g/mol. The van der Waals surface area contributed by atoms with Crippen molar-refractivity contribution in [1.82, 2.24) is 9.55 Å². The largest absolute Gasteiger partial charge is 0.478 e. The molecule has 0 aliphatic carbocycles. The molecule has 7 heteroatoms. The van der Waals surface area contributed by atoms with Gasteiger partial charge in [-0.3, -0.25) is 9.36 Å². The molecule has 0 aliphatic heterocycles. The number of rotatable bonds is 5. The molecule has 0 bridgehead atoms. The number of carbonyl (C=O) groups is 1. The molecule has 7 nitrogen and oxygen atoms in total. The van der Waals surface area contributed by atoms with E-state index in [1.54, 1.807) is 26.0 Å². The Hall–Kier alpha value is -2.57. The monoisotopic (exact) mass is 305 g/mol. The first-order valence-electron chi connectivity index (χ1n) is 7.18. The Kier molecular flexibility index (Phi) is 4.65. The zero-order chi connectivity index (χ0) is 16.3. The fourth-order valence-corrected chi connectivity index (χ4v) is 2.25. The topological polar surface area (TPSA) is 96.4 Å². The second-order valence-electron chi connectivity index (χ2n) is 4.51. The van der Waals surface area contributed by atoms with Gasteiger partial charge in [0.2, 0.25) is 5.88 Å². The third kappa shape index (κ3) is 2.61. The molecule has 0 amide bonds. The number of nitrogen functional groups attached to an aromatic ring is 1. The van der Waals surface area contributed by atoms with Crippen molar-refractivity contribution in [3.8, 4) is 5.88 Å². The highest BCUT2D eigenvalue weighted by molar-refractivity contribution is 6.03. The van der Waals surface area contributed by atoms with Crippen molar-refractivity contribution in [1.29, 1.82) is 0 Å². The maximum absolute atomic E-state index is 12.5. The van der Waals surface area contributed by atoms with Crippen molar-refractivity contribution in [2.24, 2.45) is 0 Å². The minimum atomic E-state index is -0.719. The molecule has 0 spiro atoms. The molecule has 0 unspecified atom stereocenters. The predicted molar refractivity (Wildman–Crippen MR) is 83.2 cm³/mol. The van der Waals surface area contributed by atoms with E-state index >= 15 is 0 Å². The predicted octanol–water partition coefficient (Wildman–Crippen LogP) is 1.57. The van der Waals surface area contributed by atoms with Crippen molar-refractivity contribution in [2.45, 2.75) is 27.3 Å². The minimum absolute atomic E-state index is 0.0821. The zero-order valence-corrected chi connectivity index (χ0v) is 12.9. The van der Waals surface area contributed by atoms with Crippen LogP contribution in [0.25, 0.3) is 11.0 Å². The molecule has 0 aliphatic rings. The average molecular weight is 305 g/mol.